The van der Waals surface area contributed by atoms with E-state index in [1.807, 2.05) is 36.5 Å². The number of sulfone groups is 1. The Hall–Kier alpha value is -2.15. The zero-order chi connectivity index (χ0) is 16.4. The molecule has 1 saturated heterocycles. The Labute approximate surface area is 135 Å². The van der Waals surface area contributed by atoms with Gasteiger partial charge in [0.1, 0.15) is 0 Å². The summed E-state index contributed by atoms with van der Waals surface area (Å²) in [7, 11) is -1.31. The third kappa shape index (κ3) is 3.61. The van der Waals surface area contributed by atoms with Gasteiger partial charge in [0.05, 0.1) is 29.8 Å². The van der Waals surface area contributed by atoms with Crippen LogP contribution in [0, 0.1) is 0 Å². The summed E-state index contributed by atoms with van der Waals surface area (Å²) in [5.41, 5.74) is 1.74. The number of aromatic nitrogens is 2. The van der Waals surface area contributed by atoms with Crippen LogP contribution in [0.3, 0.4) is 0 Å². The smallest absolute Gasteiger partial charge is 0.227 e. The quantitative estimate of drug-likeness (QED) is 0.839. The molecule has 2 aromatic rings. The van der Waals surface area contributed by atoms with Gasteiger partial charge in [0.25, 0.3) is 0 Å². The Morgan fingerprint density at radius 2 is 2.09 bits per heavy atom. The van der Waals surface area contributed by atoms with Crippen molar-refractivity contribution in [3.8, 4) is 5.69 Å². The lowest BCUT2D eigenvalue weighted by Gasteiger charge is -2.23. The third-order valence-corrected chi connectivity index (χ3v) is 5.91. The van der Waals surface area contributed by atoms with Gasteiger partial charge in [-0.2, -0.15) is 5.10 Å². The fourth-order valence-corrected chi connectivity index (χ4v) is 4.53. The standard InChI is InChI=1S/C16H19N3O3S/c1-18(15-7-8-23(21,22)12-15)16(20)9-13-10-17-19(11-13)14-5-3-2-4-6-14/h2-6,10-11,15H,7-9,12H2,1H3. The van der Waals surface area contributed by atoms with E-state index in [0.29, 0.717) is 6.42 Å². The van der Waals surface area contributed by atoms with Crippen LogP contribution in [0.25, 0.3) is 5.69 Å². The minimum Gasteiger partial charge on any atom is -0.341 e. The summed E-state index contributed by atoms with van der Waals surface area (Å²) in [5.74, 6) is 0.152. The minimum absolute atomic E-state index is 0.0680. The molecule has 1 atom stereocenters. The Balaban J connectivity index is 1.66. The van der Waals surface area contributed by atoms with Gasteiger partial charge in [-0.25, -0.2) is 13.1 Å². The summed E-state index contributed by atoms with van der Waals surface area (Å²) in [6, 6.07) is 9.45. The van der Waals surface area contributed by atoms with Crippen molar-refractivity contribution in [3.63, 3.8) is 0 Å². The number of likely N-dealkylation sites (N-methyl/N-ethyl adjacent to an activating group) is 1. The van der Waals surface area contributed by atoms with E-state index in [0.717, 1.165) is 11.3 Å². The molecule has 1 aliphatic heterocycles. The molecule has 1 amide bonds. The fourth-order valence-electron chi connectivity index (χ4n) is 2.76. The van der Waals surface area contributed by atoms with Crippen LogP contribution in [0.2, 0.25) is 0 Å². The maximum atomic E-state index is 12.4. The second-order valence-corrected chi connectivity index (χ2v) is 8.10. The van der Waals surface area contributed by atoms with Crippen LogP contribution in [-0.4, -0.2) is 53.6 Å². The molecule has 0 bridgehead atoms. The molecule has 2 heterocycles. The number of carbonyl (C=O) groups is 1. The van der Waals surface area contributed by atoms with E-state index < -0.39 is 9.84 Å². The second-order valence-electron chi connectivity index (χ2n) is 5.87. The highest BCUT2D eigenvalue weighted by molar-refractivity contribution is 7.91. The normalized spacial score (nSPS) is 19.6. The van der Waals surface area contributed by atoms with E-state index in [2.05, 4.69) is 5.10 Å². The van der Waals surface area contributed by atoms with Crippen LogP contribution < -0.4 is 0 Å². The van der Waals surface area contributed by atoms with Gasteiger partial charge in [-0.1, -0.05) is 18.2 Å². The van der Waals surface area contributed by atoms with Gasteiger partial charge in [0.2, 0.25) is 5.91 Å². The molecule has 1 aromatic heterocycles. The van der Waals surface area contributed by atoms with Crippen LogP contribution in [0.15, 0.2) is 42.7 Å². The van der Waals surface area contributed by atoms with Gasteiger partial charge in [0, 0.05) is 19.3 Å². The molecule has 1 aromatic carbocycles. The number of hydrogen-bond donors (Lipinski definition) is 0. The van der Waals surface area contributed by atoms with Crippen LogP contribution in [0.5, 0.6) is 0 Å². The van der Waals surface area contributed by atoms with E-state index in [1.165, 1.54) is 0 Å². The van der Waals surface area contributed by atoms with E-state index in [-0.39, 0.29) is 29.9 Å². The predicted molar refractivity (Wildman–Crippen MR) is 87.1 cm³/mol. The minimum atomic E-state index is -2.99. The van der Waals surface area contributed by atoms with Gasteiger partial charge in [-0.15, -0.1) is 0 Å². The number of rotatable bonds is 4. The van der Waals surface area contributed by atoms with E-state index in [9.17, 15) is 13.2 Å². The lowest BCUT2D eigenvalue weighted by molar-refractivity contribution is -0.130. The lowest BCUT2D eigenvalue weighted by atomic mass is 10.2. The van der Waals surface area contributed by atoms with Crippen molar-refractivity contribution in [2.75, 3.05) is 18.6 Å². The summed E-state index contributed by atoms with van der Waals surface area (Å²) < 4.78 is 24.8. The number of carbonyl (C=O) groups excluding carboxylic acids is 1. The Bertz CT molecular complexity index is 799. The number of amides is 1. The SMILES string of the molecule is CN(C(=O)Cc1cnn(-c2ccccc2)c1)C1CCS(=O)(=O)C1. The molecule has 23 heavy (non-hydrogen) atoms. The number of benzene rings is 1. The van der Waals surface area contributed by atoms with Crippen molar-refractivity contribution in [1.82, 2.24) is 14.7 Å². The van der Waals surface area contributed by atoms with Crippen LogP contribution in [0.1, 0.15) is 12.0 Å². The predicted octanol–water partition coefficient (Wildman–Crippen LogP) is 1.06. The first-order valence-corrected chi connectivity index (χ1v) is 9.32. The van der Waals surface area contributed by atoms with E-state index in [1.54, 1.807) is 22.8 Å². The largest absolute Gasteiger partial charge is 0.341 e. The molecule has 6 nitrogen and oxygen atoms in total. The first-order chi connectivity index (χ1) is 10.9. The highest BCUT2D eigenvalue weighted by Gasteiger charge is 2.32. The highest BCUT2D eigenvalue weighted by Crippen LogP contribution is 2.17. The molecule has 0 N–H and O–H groups in total. The van der Waals surface area contributed by atoms with Crippen molar-refractivity contribution >= 4 is 15.7 Å². The monoisotopic (exact) mass is 333 g/mol. The molecule has 3 rings (SSSR count). The van der Waals surface area contributed by atoms with Gasteiger partial charge in [0.15, 0.2) is 9.84 Å². The average Bonchev–Trinajstić information content (AvgIpc) is 3.14. The molecule has 0 aliphatic carbocycles. The number of para-hydroxylation sites is 1. The highest BCUT2D eigenvalue weighted by atomic mass is 32.2. The van der Waals surface area contributed by atoms with Gasteiger partial charge in [-0.05, 0) is 24.1 Å². The fraction of sp³-hybridized carbons (Fsp3) is 0.375. The van der Waals surface area contributed by atoms with Crippen molar-refractivity contribution < 1.29 is 13.2 Å². The van der Waals surface area contributed by atoms with Gasteiger partial charge < -0.3 is 4.90 Å². The van der Waals surface area contributed by atoms with Crippen LogP contribution in [0.4, 0.5) is 0 Å². The van der Waals surface area contributed by atoms with Gasteiger partial charge in [-0.3, -0.25) is 4.79 Å². The molecule has 122 valence electrons. The molecular weight excluding hydrogens is 314 g/mol. The van der Waals surface area contributed by atoms with E-state index in [4.69, 9.17) is 0 Å². The molecular formula is C16H19N3O3S. The summed E-state index contributed by atoms with van der Waals surface area (Å²) >= 11 is 0. The van der Waals surface area contributed by atoms with Crippen LogP contribution >= 0.6 is 0 Å². The molecule has 1 aliphatic rings. The van der Waals surface area contributed by atoms with Crippen molar-refractivity contribution in [1.29, 1.82) is 0 Å². The average molecular weight is 333 g/mol. The third-order valence-electron chi connectivity index (χ3n) is 4.16. The molecule has 0 spiro atoms. The Morgan fingerprint density at radius 3 is 2.74 bits per heavy atom. The topological polar surface area (TPSA) is 72.3 Å². The maximum Gasteiger partial charge on any atom is 0.227 e. The summed E-state index contributed by atoms with van der Waals surface area (Å²) in [6.07, 6.45) is 4.24. The summed E-state index contributed by atoms with van der Waals surface area (Å²) in [6.45, 7) is 0. The number of nitrogens with zero attached hydrogens (tertiary/aromatic N) is 3. The molecule has 0 saturated carbocycles. The van der Waals surface area contributed by atoms with Crippen LogP contribution in [-0.2, 0) is 21.1 Å². The first-order valence-electron chi connectivity index (χ1n) is 7.50. The van der Waals surface area contributed by atoms with Crippen molar-refractivity contribution in [2.24, 2.45) is 0 Å². The zero-order valence-electron chi connectivity index (χ0n) is 12.9. The maximum absolute atomic E-state index is 12.4. The summed E-state index contributed by atoms with van der Waals surface area (Å²) in [5, 5.41) is 4.27. The molecule has 1 unspecified atom stereocenters. The second kappa shape index (κ2) is 6.16. The first kappa shape index (κ1) is 15.7. The molecule has 0 radical (unpaired) electrons. The molecule has 7 heteroatoms. The lowest BCUT2D eigenvalue weighted by Crippen LogP contribution is -2.38. The Morgan fingerprint density at radius 1 is 1.35 bits per heavy atom. The van der Waals surface area contributed by atoms with Crippen molar-refractivity contribution in [2.45, 2.75) is 18.9 Å². The zero-order valence-corrected chi connectivity index (χ0v) is 13.7. The molecule has 1 fully saturated rings. The Kier molecular flexibility index (Phi) is 4.21. The van der Waals surface area contributed by atoms with Gasteiger partial charge >= 0.3 is 0 Å². The number of hydrogen-bond acceptors (Lipinski definition) is 4. The van der Waals surface area contributed by atoms with Crippen molar-refractivity contribution in [3.05, 3.63) is 48.3 Å². The summed E-state index contributed by atoms with van der Waals surface area (Å²) in [4.78, 5) is 13.9. The van der Waals surface area contributed by atoms with E-state index >= 15 is 0 Å².